The molecule has 6 nitrogen and oxygen atoms in total. The quantitative estimate of drug-likeness (QED) is 0.571. The van der Waals surface area contributed by atoms with Gasteiger partial charge in [-0.1, -0.05) is 0 Å². The predicted molar refractivity (Wildman–Crippen MR) is 60.1 cm³/mol. The molecule has 0 atom stereocenters. The van der Waals surface area contributed by atoms with E-state index in [2.05, 4.69) is 9.46 Å². The third kappa shape index (κ3) is 8.64. The van der Waals surface area contributed by atoms with E-state index in [1.165, 1.54) is 7.05 Å². The maximum Gasteiger partial charge on any atom is 0.411 e. The lowest BCUT2D eigenvalue weighted by Gasteiger charge is -2.17. The zero-order valence-electron chi connectivity index (χ0n) is 10.0. The molecule has 0 aliphatic heterocycles. The highest BCUT2D eigenvalue weighted by Crippen LogP contribution is 2.13. The van der Waals surface area contributed by atoms with E-state index in [1.807, 2.05) is 0 Å². The first-order valence-electron chi connectivity index (χ1n) is 5.24. The van der Waals surface area contributed by atoms with Gasteiger partial charge in [0.1, 0.15) is 6.61 Å². The molecule has 0 amide bonds. The second-order valence-electron chi connectivity index (χ2n) is 3.53. The summed E-state index contributed by atoms with van der Waals surface area (Å²) in [7, 11) is -2.33. The van der Waals surface area contributed by atoms with Crippen LogP contribution in [0, 0.1) is 0 Å². The maximum absolute atomic E-state index is 11.7. The normalized spacial score (nSPS) is 13.2. The van der Waals surface area contributed by atoms with Crippen molar-refractivity contribution in [2.45, 2.75) is 12.6 Å². The molecule has 0 unspecified atom stereocenters. The Balaban J connectivity index is 3.84. The molecule has 0 spiro atoms. The second-order valence-corrected chi connectivity index (χ2v) is 5.39. The van der Waals surface area contributed by atoms with Crippen LogP contribution in [0.15, 0.2) is 0 Å². The number of nitrogens with zero attached hydrogens (tertiary/aromatic N) is 1. The average Bonchev–Trinajstić information content (AvgIpc) is 2.23. The summed E-state index contributed by atoms with van der Waals surface area (Å²) in [5.41, 5.74) is 5.23. The van der Waals surface area contributed by atoms with Crippen LogP contribution in [0.25, 0.3) is 0 Å². The molecule has 0 bridgehead atoms. The molecule has 110 valence electrons. The van der Waals surface area contributed by atoms with Crippen molar-refractivity contribution >= 4 is 10.2 Å². The molecule has 0 saturated heterocycles. The largest absolute Gasteiger partial charge is 0.411 e. The lowest BCUT2D eigenvalue weighted by atomic mass is 10.4. The van der Waals surface area contributed by atoms with Gasteiger partial charge in [0, 0.05) is 20.1 Å². The predicted octanol–water partition coefficient (Wildman–Crippen LogP) is -0.320. The zero-order chi connectivity index (χ0) is 14.2. The third-order valence-corrected chi connectivity index (χ3v) is 3.46. The summed E-state index contributed by atoms with van der Waals surface area (Å²) < 4.78 is 65.5. The second kappa shape index (κ2) is 7.89. The molecule has 0 radical (unpaired) electrons. The number of rotatable bonds is 9. The first-order chi connectivity index (χ1) is 8.19. The van der Waals surface area contributed by atoms with Gasteiger partial charge < -0.3 is 10.5 Å². The van der Waals surface area contributed by atoms with Gasteiger partial charge in [0.15, 0.2) is 0 Å². The Labute approximate surface area is 104 Å². The zero-order valence-corrected chi connectivity index (χ0v) is 10.9. The Morgan fingerprint density at radius 3 is 2.50 bits per heavy atom. The van der Waals surface area contributed by atoms with Gasteiger partial charge in [-0.2, -0.15) is 30.6 Å². The van der Waals surface area contributed by atoms with Crippen molar-refractivity contribution in [1.29, 1.82) is 0 Å². The summed E-state index contributed by atoms with van der Waals surface area (Å²) in [5, 5.41) is 0. The highest BCUT2D eigenvalue weighted by Gasteiger charge is 2.27. The highest BCUT2D eigenvalue weighted by molar-refractivity contribution is 7.87. The Morgan fingerprint density at radius 1 is 1.39 bits per heavy atom. The number of ether oxygens (including phenoxy) is 1. The molecule has 0 aliphatic rings. The van der Waals surface area contributed by atoms with Crippen molar-refractivity contribution in [3.63, 3.8) is 0 Å². The van der Waals surface area contributed by atoms with Crippen molar-refractivity contribution < 1.29 is 26.3 Å². The summed E-state index contributed by atoms with van der Waals surface area (Å²) in [6, 6.07) is 0. The summed E-state index contributed by atoms with van der Waals surface area (Å²) >= 11 is 0. The van der Waals surface area contributed by atoms with Crippen LogP contribution < -0.4 is 10.5 Å². The molecule has 0 saturated carbocycles. The van der Waals surface area contributed by atoms with Gasteiger partial charge in [-0.05, 0) is 13.0 Å². The molecular formula is C8H18F3N3O3S. The molecule has 0 aliphatic carbocycles. The lowest BCUT2D eigenvalue weighted by molar-refractivity contribution is -0.173. The summed E-state index contributed by atoms with van der Waals surface area (Å²) in [4.78, 5) is 0. The number of nitrogens with one attached hydrogen (secondary N) is 1. The van der Waals surface area contributed by atoms with Crippen molar-refractivity contribution in [3.05, 3.63) is 0 Å². The summed E-state index contributed by atoms with van der Waals surface area (Å²) in [6.45, 7) is -1.35. The van der Waals surface area contributed by atoms with E-state index in [9.17, 15) is 21.6 Å². The van der Waals surface area contributed by atoms with Crippen molar-refractivity contribution in [1.82, 2.24) is 9.03 Å². The fraction of sp³-hybridized carbons (Fsp3) is 1.00. The Kier molecular flexibility index (Phi) is 7.71. The molecule has 0 fully saturated rings. The van der Waals surface area contributed by atoms with Crippen LogP contribution in [-0.2, 0) is 14.9 Å². The lowest BCUT2D eigenvalue weighted by Crippen LogP contribution is -2.40. The molecule has 10 heteroatoms. The van der Waals surface area contributed by atoms with Gasteiger partial charge in [0.2, 0.25) is 0 Å². The molecule has 0 aromatic carbocycles. The van der Waals surface area contributed by atoms with Gasteiger partial charge >= 0.3 is 6.18 Å². The van der Waals surface area contributed by atoms with E-state index in [4.69, 9.17) is 5.73 Å². The summed E-state index contributed by atoms with van der Waals surface area (Å²) in [6.07, 6.45) is -3.90. The van der Waals surface area contributed by atoms with E-state index in [1.54, 1.807) is 0 Å². The average molecular weight is 293 g/mol. The SMILES string of the molecule is CN(CCCN)S(=O)(=O)NCCOCC(F)(F)F. The molecule has 0 heterocycles. The van der Waals surface area contributed by atoms with E-state index in [-0.39, 0.29) is 19.7 Å². The smallest absolute Gasteiger partial charge is 0.371 e. The van der Waals surface area contributed by atoms with E-state index >= 15 is 0 Å². The number of halogens is 3. The van der Waals surface area contributed by atoms with E-state index in [0.29, 0.717) is 13.0 Å². The number of nitrogens with two attached hydrogens (primary N) is 1. The minimum Gasteiger partial charge on any atom is -0.371 e. The van der Waals surface area contributed by atoms with Crippen LogP contribution in [0.3, 0.4) is 0 Å². The first-order valence-corrected chi connectivity index (χ1v) is 6.68. The minimum absolute atomic E-state index is 0.217. The van der Waals surface area contributed by atoms with Gasteiger partial charge in [-0.3, -0.25) is 0 Å². The fourth-order valence-electron chi connectivity index (χ4n) is 0.975. The first kappa shape index (κ1) is 17.6. The van der Waals surface area contributed by atoms with Crippen LogP contribution in [0.5, 0.6) is 0 Å². The van der Waals surface area contributed by atoms with Gasteiger partial charge in [0.05, 0.1) is 6.61 Å². The molecule has 0 aromatic heterocycles. The Morgan fingerprint density at radius 2 is 2.00 bits per heavy atom. The minimum atomic E-state index is -4.41. The Bertz CT molecular complexity index is 321. The molecular weight excluding hydrogens is 275 g/mol. The topological polar surface area (TPSA) is 84.7 Å². The molecule has 18 heavy (non-hydrogen) atoms. The Hall–Kier alpha value is -0.420. The van der Waals surface area contributed by atoms with Gasteiger partial charge in [0.25, 0.3) is 10.2 Å². The maximum atomic E-state index is 11.7. The summed E-state index contributed by atoms with van der Waals surface area (Å²) in [5.74, 6) is 0. The number of hydrogen-bond acceptors (Lipinski definition) is 4. The monoisotopic (exact) mass is 293 g/mol. The molecule has 3 N–H and O–H groups in total. The van der Waals surface area contributed by atoms with Crippen LogP contribution in [0.2, 0.25) is 0 Å². The van der Waals surface area contributed by atoms with Crippen LogP contribution in [-0.4, -0.2) is 58.8 Å². The molecule has 0 rings (SSSR count). The van der Waals surface area contributed by atoms with Crippen LogP contribution >= 0.6 is 0 Å². The van der Waals surface area contributed by atoms with E-state index in [0.717, 1.165) is 4.31 Å². The van der Waals surface area contributed by atoms with Crippen molar-refractivity contribution in [3.8, 4) is 0 Å². The van der Waals surface area contributed by atoms with Crippen LogP contribution in [0.4, 0.5) is 13.2 Å². The molecule has 0 aromatic rings. The third-order valence-electron chi connectivity index (χ3n) is 1.88. The van der Waals surface area contributed by atoms with Gasteiger partial charge in [-0.25, -0.2) is 0 Å². The standard InChI is InChI=1S/C8H18F3N3O3S/c1-14(5-2-3-12)18(15,16)13-4-6-17-7-8(9,10)11/h13H,2-7,12H2,1H3. The highest BCUT2D eigenvalue weighted by atomic mass is 32.2. The van der Waals surface area contributed by atoms with Gasteiger partial charge in [-0.15, -0.1) is 0 Å². The number of hydrogen-bond donors (Lipinski definition) is 2. The van der Waals surface area contributed by atoms with E-state index < -0.39 is 23.0 Å². The van der Waals surface area contributed by atoms with Crippen molar-refractivity contribution in [2.24, 2.45) is 5.73 Å². The van der Waals surface area contributed by atoms with Crippen molar-refractivity contribution in [2.75, 3.05) is 39.9 Å². The fourth-order valence-corrected chi connectivity index (χ4v) is 1.91. The number of alkyl halides is 3. The van der Waals surface area contributed by atoms with Crippen LogP contribution in [0.1, 0.15) is 6.42 Å².